The van der Waals surface area contributed by atoms with Crippen LogP contribution in [0.25, 0.3) is 0 Å². The van der Waals surface area contributed by atoms with Gasteiger partial charge in [0.25, 0.3) is 0 Å². The van der Waals surface area contributed by atoms with Crippen LogP contribution in [0.15, 0.2) is 0 Å². The number of hydrogen-bond acceptors (Lipinski definition) is 8. The van der Waals surface area contributed by atoms with Gasteiger partial charge < -0.3 is 18.9 Å². The summed E-state index contributed by atoms with van der Waals surface area (Å²) in [6.45, 7) is 9.55. The molecule has 0 rings (SSSR count). The second kappa shape index (κ2) is 53.2. The zero-order chi connectivity index (χ0) is 48.9. The van der Waals surface area contributed by atoms with Crippen molar-refractivity contribution >= 4 is 23.9 Å². The van der Waals surface area contributed by atoms with Gasteiger partial charge in [0, 0.05) is 32.1 Å². The maximum absolute atomic E-state index is 12.6. The molecule has 0 radical (unpaired) electrons. The highest BCUT2D eigenvalue weighted by Crippen LogP contribution is 2.21. The Bertz CT molecular complexity index is 1080. The van der Waals surface area contributed by atoms with Crippen molar-refractivity contribution in [3.8, 4) is 0 Å². The quantitative estimate of drug-likeness (QED) is 0.0337. The van der Waals surface area contributed by atoms with Gasteiger partial charge in [-0.15, -0.1) is 0 Å². The molecule has 0 spiro atoms. The third kappa shape index (κ3) is 50.1. The summed E-state index contributed by atoms with van der Waals surface area (Å²) in [5.41, 5.74) is 0. The molecule has 8 heteroatoms. The molecular weight excluding hydrogens is 837 g/mol. The number of ether oxygens (including phenoxy) is 4. The summed E-state index contributed by atoms with van der Waals surface area (Å²) in [7, 11) is 0. The molecule has 2 unspecified atom stereocenters. The van der Waals surface area contributed by atoms with Crippen molar-refractivity contribution in [2.45, 2.75) is 342 Å². The van der Waals surface area contributed by atoms with E-state index in [0.29, 0.717) is 45.3 Å². The lowest BCUT2D eigenvalue weighted by atomic mass is 10.0. The van der Waals surface area contributed by atoms with Crippen LogP contribution in [0, 0.1) is 0 Å². The van der Waals surface area contributed by atoms with Crippen LogP contribution in [0.4, 0.5) is 0 Å². The lowest BCUT2D eigenvalue weighted by molar-refractivity contribution is -0.151. The summed E-state index contributed by atoms with van der Waals surface area (Å²) < 4.78 is 22.7. The SMILES string of the molecule is CCCCCCCCCC(=O)OC(CCCCCC)CCCCCCCCCCCCC(=O)OCCCOC(=O)CCCCCCCCC(CCCCCC)OC(=O)CCCCCCCCC. The third-order valence-electron chi connectivity index (χ3n) is 13.5. The largest absolute Gasteiger partial charge is 0.466 e. The summed E-state index contributed by atoms with van der Waals surface area (Å²) in [4.78, 5) is 49.5. The zero-order valence-electron chi connectivity index (χ0n) is 45.1. The number of carbonyl (C=O) groups is 4. The Morgan fingerprint density at radius 2 is 0.463 bits per heavy atom. The van der Waals surface area contributed by atoms with Crippen LogP contribution in [-0.2, 0) is 38.1 Å². The van der Waals surface area contributed by atoms with E-state index in [1.807, 2.05) is 0 Å². The van der Waals surface area contributed by atoms with Crippen molar-refractivity contribution in [3.63, 3.8) is 0 Å². The van der Waals surface area contributed by atoms with Gasteiger partial charge in [-0.25, -0.2) is 0 Å². The highest BCUT2D eigenvalue weighted by Gasteiger charge is 2.16. The fourth-order valence-electron chi connectivity index (χ4n) is 9.04. The van der Waals surface area contributed by atoms with Crippen LogP contribution >= 0.6 is 0 Å². The van der Waals surface area contributed by atoms with E-state index in [2.05, 4.69) is 27.7 Å². The van der Waals surface area contributed by atoms with E-state index in [4.69, 9.17) is 18.9 Å². The van der Waals surface area contributed by atoms with Crippen LogP contribution in [0.5, 0.6) is 0 Å². The summed E-state index contributed by atoms with van der Waals surface area (Å²) in [6, 6.07) is 0. The van der Waals surface area contributed by atoms with Gasteiger partial charge in [0.2, 0.25) is 0 Å². The molecule has 0 bridgehead atoms. The Kier molecular flexibility index (Phi) is 51.6. The first-order valence-electron chi connectivity index (χ1n) is 29.6. The first kappa shape index (κ1) is 64.9. The van der Waals surface area contributed by atoms with Crippen molar-refractivity contribution in [1.29, 1.82) is 0 Å². The van der Waals surface area contributed by atoms with Crippen molar-refractivity contribution in [3.05, 3.63) is 0 Å². The Hall–Kier alpha value is -2.12. The molecule has 396 valence electrons. The second-order valence-electron chi connectivity index (χ2n) is 20.2. The number of rotatable bonds is 54. The molecule has 8 nitrogen and oxygen atoms in total. The van der Waals surface area contributed by atoms with Gasteiger partial charge in [-0.1, -0.05) is 220 Å². The average molecular weight is 950 g/mol. The minimum absolute atomic E-state index is 0.00746. The van der Waals surface area contributed by atoms with Crippen molar-refractivity contribution in [2.24, 2.45) is 0 Å². The molecule has 0 N–H and O–H groups in total. The lowest BCUT2D eigenvalue weighted by Gasteiger charge is -2.18. The first-order chi connectivity index (χ1) is 32.9. The van der Waals surface area contributed by atoms with E-state index in [0.717, 1.165) is 128 Å². The third-order valence-corrected chi connectivity index (χ3v) is 13.5. The molecule has 0 aliphatic heterocycles. The highest BCUT2D eigenvalue weighted by molar-refractivity contribution is 5.70. The maximum atomic E-state index is 12.6. The molecule has 0 fully saturated rings. The highest BCUT2D eigenvalue weighted by atomic mass is 16.6. The van der Waals surface area contributed by atoms with Gasteiger partial charge >= 0.3 is 23.9 Å². The van der Waals surface area contributed by atoms with Crippen LogP contribution in [0.2, 0.25) is 0 Å². The van der Waals surface area contributed by atoms with Crippen LogP contribution in [0.1, 0.15) is 329 Å². The van der Waals surface area contributed by atoms with Crippen LogP contribution < -0.4 is 0 Å². The fourth-order valence-corrected chi connectivity index (χ4v) is 9.04. The molecule has 2 atom stereocenters. The van der Waals surface area contributed by atoms with E-state index in [1.54, 1.807) is 0 Å². The maximum Gasteiger partial charge on any atom is 0.306 e. The summed E-state index contributed by atoms with van der Waals surface area (Å²) >= 11 is 0. The summed E-state index contributed by atoms with van der Waals surface area (Å²) in [5, 5.41) is 0. The minimum atomic E-state index is -0.166. The molecule has 0 aliphatic carbocycles. The Morgan fingerprint density at radius 1 is 0.254 bits per heavy atom. The molecule has 67 heavy (non-hydrogen) atoms. The molecule has 0 saturated heterocycles. The van der Waals surface area contributed by atoms with Gasteiger partial charge in [-0.05, 0) is 77.0 Å². The van der Waals surface area contributed by atoms with Crippen molar-refractivity contribution in [1.82, 2.24) is 0 Å². The number of carbonyl (C=O) groups excluding carboxylic acids is 4. The first-order valence-corrected chi connectivity index (χ1v) is 29.6. The van der Waals surface area contributed by atoms with Gasteiger partial charge in [0.15, 0.2) is 0 Å². The fraction of sp³-hybridized carbons (Fsp3) is 0.932. The van der Waals surface area contributed by atoms with Gasteiger partial charge in [-0.3, -0.25) is 19.2 Å². The van der Waals surface area contributed by atoms with E-state index in [-0.39, 0.29) is 36.1 Å². The van der Waals surface area contributed by atoms with Gasteiger partial charge in [-0.2, -0.15) is 0 Å². The van der Waals surface area contributed by atoms with E-state index in [1.165, 1.54) is 141 Å². The Morgan fingerprint density at radius 3 is 0.731 bits per heavy atom. The molecule has 0 aliphatic rings. The number of esters is 4. The predicted molar refractivity (Wildman–Crippen MR) is 281 cm³/mol. The van der Waals surface area contributed by atoms with Crippen LogP contribution in [0.3, 0.4) is 0 Å². The standard InChI is InChI=1S/C59H112O8/c1-5-9-13-17-23-33-41-50-58(62)66-54(44-35-15-11-7-3)46-37-29-25-21-19-20-22-26-31-39-48-56(60)64-52-43-53-65-57(61)49-40-32-28-27-30-38-47-55(45-36-16-12-8-4)67-59(63)51-42-34-24-18-14-10-6-2/h54-55H,5-53H2,1-4H3. The van der Waals surface area contributed by atoms with Crippen molar-refractivity contribution in [2.75, 3.05) is 13.2 Å². The summed E-state index contributed by atoms with van der Waals surface area (Å²) in [5.74, 6) is -0.308. The van der Waals surface area contributed by atoms with E-state index in [9.17, 15) is 19.2 Å². The molecule has 0 aromatic carbocycles. The van der Waals surface area contributed by atoms with Crippen LogP contribution in [-0.4, -0.2) is 49.3 Å². The summed E-state index contributed by atoms with van der Waals surface area (Å²) in [6.07, 6.45) is 51.4. The Labute approximate surface area is 415 Å². The minimum Gasteiger partial charge on any atom is -0.466 e. The predicted octanol–water partition coefficient (Wildman–Crippen LogP) is 18.3. The molecule has 0 aromatic heterocycles. The number of hydrogen-bond donors (Lipinski definition) is 0. The zero-order valence-corrected chi connectivity index (χ0v) is 45.1. The molecule has 0 aromatic rings. The smallest absolute Gasteiger partial charge is 0.306 e. The van der Waals surface area contributed by atoms with E-state index >= 15 is 0 Å². The molecule has 0 amide bonds. The van der Waals surface area contributed by atoms with Gasteiger partial charge in [0.1, 0.15) is 12.2 Å². The molecule has 0 saturated carbocycles. The normalized spacial score (nSPS) is 12.2. The second-order valence-corrected chi connectivity index (χ2v) is 20.2. The van der Waals surface area contributed by atoms with E-state index < -0.39 is 0 Å². The average Bonchev–Trinajstić information content (AvgIpc) is 3.31. The lowest BCUT2D eigenvalue weighted by Crippen LogP contribution is -2.18. The Balaban J connectivity index is 3.83. The molecular formula is C59H112O8. The van der Waals surface area contributed by atoms with Crippen molar-refractivity contribution < 1.29 is 38.1 Å². The monoisotopic (exact) mass is 949 g/mol. The molecule has 0 heterocycles. The van der Waals surface area contributed by atoms with Gasteiger partial charge in [0.05, 0.1) is 13.2 Å². The topological polar surface area (TPSA) is 105 Å². The number of unbranched alkanes of at least 4 members (excludes halogenated alkanes) is 32.